The summed E-state index contributed by atoms with van der Waals surface area (Å²) in [5.74, 6) is -0.149. The molecule has 0 bridgehead atoms. The molecule has 0 saturated heterocycles. The Morgan fingerprint density at radius 3 is 2.16 bits per heavy atom. The van der Waals surface area contributed by atoms with Gasteiger partial charge in [-0.1, -0.05) is 26.1 Å². The van der Waals surface area contributed by atoms with Crippen LogP contribution in [0.25, 0.3) is 0 Å². The lowest BCUT2D eigenvalue weighted by Gasteiger charge is -2.48. The van der Waals surface area contributed by atoms with Gasteiger partial charge in [-0.05, 0) is 61.5 Å². The van der Waals surface area contributed by atoms with Crippen molar-refractivity contribution in [3.05, 3.63) is 11.3 Å². The Balaban J connectivity index is 1.99. The van der Waals surface area contributed by atoms with E-state index in [-0.39, 0.29) is 24.2 Å². The van der Waals surface area contributed by atoms with Crippen LogP contribution >= 0.6 is 34.8 Å². The molecule has 0 spiro atoms. The van der Waals surface area contributed by atoms with Crippen LogP contribution in [0, 0.1) is 0 Å². The summed E-state index contributed by atoms with van der Waals surface area (Å²) in [6.45, 7) is 11.4. The van der Waals surface area contributed by atoms with Gasteiger partial charge in [0, 0.05) is 17.5 Å². The number of rotatable bonds is 3. The molecule has 2 heterocycles. The Morgan fingerprint density at radius 1 is 1.16 bits per heavy atom. The van der Waals surface area contributed by atoms with Gasteiger partial charge in [0.15, 0.2) is 0 Å². The lowest BCUT2D eigenvalue weighted by atomic mass is 9.83. The first-order valence-electron chi connectivity index (χ1n) is 10.0. The second-order valence-corrected chi connectivity index (χ2v) is 17.3. The van der Waals surface area contributed by atoms with Crippen LogP contribution in [0.5, 0.6) is 0 Å². The van der Waals surface area contributed by atoms with Crippen LogP contribution in [0.3, 0.4) is 0 Å². The number of ether oxygens (including phenoxy) is 1. The number of anilines is 1. The molecule has 172 valence electrons. The van der Waals surface area contributed by atoms with E-state index in [9.17, 15) is 14.4 Å². The third-order valence-corrected chi connectivity index (χ3v) is 10.4. The number of carbonyl (C=O) groups excluding carboxylic acids is 3. The zero-order valence-electron chi connectivity index (χ0n) is 18.4. The average Bonchev–Trinajstić information content (AvgIpc) is 2.98. The quantitative estimate of drug-likeness (QED) is 0.443. The molecule has 1 aromatic rings. The van der Waals surface area contributed by atoms with Crippen molar-refractivity contribution in [2.75, 3.05) is 5.32 Å². The van der Waals surface area contributed by atoms with E-state index in [1.807, 2.05) is 0 Å². The van der Waals surface area contributed by atoms with Crippen molar-refractivity contribution in [2.45, 2.75) is 80.8 Å². The highest BCUT2D eigenvalue weighted by atomic mass is 35.6. The van der Waals surface area contributed by atoms with E-state index in [1.54, 1.807) is 13.8 Å². The van der Waals surface area contributed by atoms with Crippen molar-refractivity contribution < 1.29 is 19.1 Å². The van der Waals surface area contributed by atoms with Gasteiger partial charge in [0.2, 0.25) is 11.8 Å². The smallest absolute Gasteiger partial charge is 0.398 e. The van der Waals surface area contributed by atoms with E-state index in [0.717, 1.165) is 19.3 Å². The molecule has 1 saturated carbocycles. The fourth-order valence-corrected chi connectivity index (χ4v) is 7.25. The molecule has 0 aromatic carbocycles. The van der Waals surface area contributed by atoms with Crippen LogP contribution in [0.15, 0.2) is 0 Å². The fraction of sp³-hybridized carbons (Fsp3) is 0.684. The molecular weight excluding hydrogens is 483 g/mol. The van der Waals surface area contributed by atoms with Gasteiger partial charge < -0.3 is 10.1 Å². The lowest BCUT2D eigenvalue weighted by molar-refractivity contribution is -0.121. The number of hydrogen-bond acceptors (Lipinski definition) is 5. The summed E-state index contributed by atoms with van der Waals surface area (Å²) in [4.78, 5) is 39.7. The average molecular weight is 510 g/mol. The fourth-order valence-electron chi connectivity index (χ4n) is 4.45. The van der Waals surface area contributed by atoms with Gasteiger partial charge in [-0.3, -0.25) is 14.5 Å². The highest BCUT2D eigenvalue weighted by Gasteiger charge is 2.54. The van der Waals surface area contributed by atoms with Crippen molar-refractivity contribution in [3.8, 4) is 0 Å². The molecule has 1 aromatic heterocycles. The second kappa shape index (κ2) is 7.64. The second-order valence-electron chi connectivity index (χ2n) is 9.71. The van der Waals surface area contributed by atoms with Gasteiger partial charge in [-0.15, -0.1) is 0 Å². The molecule has 1 aliphatic carbocycles. The van der Waals surface area contributed by atoms with E-state index in [0.29, 0.717) is 11.3 Å². The minimum Gasteiger partial charge on any atom is -0.398 e. The third kappa shape index (κ3) is 4.10. The summed E-state index contributed by atoms with van der Waals surface area (Å²) >= 11 is 16.8. The van der Waals surface area contributed by atoms with Gasteiger partial charge in [0.1, 0.15) is 5.82 Å². The maximum Gasteiger partial charge on any atom is 0.414 e. The van der Waals surface area contributed by atoms with Gasteiger partial charge in [-0.25, -0.2) is 4.79 Å². The predicted molar refractivity (Wildman–Crippen MR) is 122 cm³/mol. The summed E-state index contributed by atoms with van der Waals surface area (Å²) in [5.41, 5.74) is 0.102. The highest BCUT2D eigenvalue weighted by molar-refractivity contribution is 6.83. The molecule has 2 amide bonds. The number of nitrogens with zero attached hydrogens (tertiary/aromatic N) is 3. The molecule has 2 aliphatic rings. The number of nitrogens with one attached hydrogen (secondary N) is 1. The van der Waals surface area contributed by atoms with Crippen LogP contribution in [0.4, 0.5) is 10.6 Å². The molecule has 12 heteroatoms. The van der Waals surface area contributed by atoms with Crippen LogP contribution in [0.2, 0.25) is 24.7 Å². The highest BCUT2D eigenvalue weighted by Crippen LogP contribution is 2.56. The molecule has 0 atom stereocenters. The number of halogens is 3. The first kappa shape index (κ1) is 24.4. The summed E-state index contributed by atoms with van der Waals surface area (Å²) in [6, 6.07) is 0. The van der Waals surface area contributed by atoms with E-state index in [1.165, 1.54) is 16.5 Å². The van der Waals surface area contributed by atoms with Crippen LogP contribution in [-0.4, -0.2) is 44.6 Å². The molecule has 1 N–H and O–H groups in total. The van der Waals surface area contributed by atoms with Crippen LogP contribution < -0.4 is 5.32 Å². The van der Waals surface area contributed by atoms with Crippen molar-refractivity contribution >= 4 is 66.6 Å². The van der Waals surface area contributed by atoms with Crippen molar-refractivity contribution in [1.29, 1.82) is 0 Å². The van der Waals surface area contributed by atoms with Gasteiger partial charge >= 0.3 is 10.1 Å². The Morgan fingerprint density at radius 2 is 1.74 bits per heavy atom. The molecule has 0 radical (unpaired) electrons. The largest absolute Gasteiger partial charge is 0.414 e. The summed E-state index contributed by atoms with van der Waals surface area (Å²) in [6.07, 6.45) is 1.83. The van der Waals surface area contributed by atoms with Gasteiger partial charge in [0.05, 0.1) is 25.9 Å². The number of carbonyl (C=O) groups is 3. The Bertz CT molecular complexity index is 945. The minimum absolute atomic E-state index is 0.0464. The Kier molecular flexibility index (Phi) is 6.00. The van der Waals surface area contributed by atoms with E-state index in [2.05, 4.69) is 30.1 Å². The summed E-state index contributed by atoms with van der Waals surface area (Å²) in [7, 11) is -1.83. The molecule has 1 fully saturated rings. The predicted octanol–water partition coefficient (Wildman–Crippen LogP) is 5.26. The first-order chi connectivity index (χ1) is 14.0. The van der Waals surface area contributed by atoms with Crippen LogP contribution in [-0.2, 0) is 21.6 Å². The molecule has 1 aliphatic heterocycles. The Hall–Kier alpha value is -1.29. The maximum absolute atomic E-state index is 13.4. The number of aromatic nitrogens is 2. The van der Waals surface area contributed by atoms with E-state index in [4.69, 9.17) is 39.5 Å². The molecular formula is C19H27Cl3N4O4Si. The molecule has 8 nitrogen and oxygen atoms in total. The Labute approximate surface area is 197 Å². The standard InChI is InChI=1S/C19H27Cl3N4O4Si/c1-11(27)26-14(23-15(28)18(8-7-9-18)31(4,5)6)12-10-25(16(29)30-19(20,21)22)17(2,3)13(12)24-26/h7-10H2,1-6H3,(H,23,28). The molecule has 31 heavy (non-hydrogen) atoms. The van der Waals surface area contributed by atoms with Crippen molar-refractivity contribution in [2.24, 2.45) is 0 Å². The first-order valence-corrected chi connectivity index (χ1v) is 14.7. The zero-order valence-corrected chi connectivity index (χ0v) is 21.7. The monoisotopic (exact) mass is 508 g/mol. The third-order valence-electron chi connectivity index (χ3n) is 6.59. The number of amides is 2. The van der Waals surface area contributed by atoms with Gasteiger partial charge in [0.25, 0.3) is 0 Å². The number of fused-ring (bicyclic) bond motifs is 1. The van der Waals surface area contributed by atoms with E-state index >= 15 is 0 Å². The van der Waals surface area contributed by atoms with Crippen molar-refractivity contribution in [1.82, 2.24) is 14.7 Å². The van der Waals surface area contributed by atoms with Gasteiger partial charge in [-0.2, -0.15) is 9.78 Å². The number of alkyl halides is 3. The maximum atomic E-state index is 13.4. The zero-order chi connectivity index (χ0) is 23.6. The number of hydrogen-bond donors (Lipinski definition) is 1. The minimum atomic E-state index is -2.21. The normalized spacial score (nSPS) is 19.5. The van der Waals surface area contributed by atoms with Crippen LogP contribution in [0.1, 0.15) is 56.1 Å². The lowest BCUT2D eigenvalue weighted by Crippen LogP contribution is -2.52. The summed E-state index contributed by atoms with van der Waals surface area (Å²) < 4.78 is 3.86. The summed E-state index contributed by atoms with van der Waals surface area (Å²) in [5, 5.41) is 7.02. The molecule has 0 unspecified atom stereocenters. The SMILES string of the molecule is CC(=O)n1nc2c(c1NC(=O)C1([Si](C)(C)C)CCC1)CN(C(=O)OC(Cl)(Cl)Cl)C2(C)C. The molecule has 3 rings (SSSR count). The van der Waals surface area contributed by atoms with E-state index < -0.39 is 28.7 Å². The van der Waals surface area contributed by atoms with Crippen molar-refractivity contribution in [3.63, 3.8) is 0 Å². The topological polar surface area (TPSA) is 93.5 Å².